The number of hydrogen-bond acceptors (Lipinski definition) is 4. The van der Waals surface area contributed by atoms with Crippen molar-refractivity contribution in [3.8, 4) is 22.4 Å². The summed E-state index contributed by atoms with van der Waals surface area (Å²) in [5.41, 5.74) is 8.95. The maximum atomic E-state index is 13.0. The van der Waals surface area contributed by atoms with Gasteiger partial charge in [0.2, 0.25) is 0 Å². The Balaban J connectivity index is 2.17. The van der Waals surface area contributed by atoms with Crippen LogP contribution in [-0.4, -0.2) is 20.4 Å². The Morgan fingerprint density at radius 1 is 1.00 bits per heavy atom. The predicted octanol–water partition coefficient (Wildman–Crippen LogP) is 2.25. The number of nitrogens with two attached hydrogens (primary N) is 1. The molecule has 3 N–H and O–H groups in total. The van der Waals surface area contributed by atoms with E-state index in [0.29, 0.717) is 5.82 Å². The molecule has 0 amide bonds. The molecule has 2 heterocycles. The van der Waals surface area contributed by atoms with Crippen molar-refractivity contribution >= 4 is 5.82 Å². The van der Waals surface area contributed by atoms with Crippen LogP contribution in [0.2, 0.25) is 0 Å². The minimum atomic E-state index is -0.294. The van der Waals surface area contributed by atoms with E-state index in [1.807, 2.05) is 0 Å². The first kappa shape index (κ1) is 11.3. The van der Waals surface area contributed by atoms with Gasteiger partial charge in [-0.2, -0.15) is 15.3 Å². The zero-order valence-corrected chi connectivity index (χ0v) is 9.84. The fourth-order valence-electron chi connectivity index (χ4n) is 1.91. The standard InChI is InChI=1S/C13H10FN5/c14-10-3-1-8(2-4-10)11-12(18-19-13(11)15)9-5-6-16-17-7-9/h1-7H,(H3,15,18,19). The number of anilines is 1. The molecule has 0 saturated heterocycles. The van der Waals surface area contributed by atoms with Crippen LogP contribution in [-0.2, 0) is 0 Å². The number of nitrogens with zero attached hydrogens (tertiary/aromatic N) is 3. The molecular weight excluding hydrogens is 245 g/mol. The van der Waals surface area contributed by atoms with Crippen LogP contribution in [0.15, 0.2) is 42.7 Å². The van der Waals surface area contributed by atoms with Crippen molar-refractivity contribution in [2.24, 2.45) is 0 Å². The Morgan fingerprint density at radius 2 is 1.79 bits per heavy atom. The maximum Gasteiger partial charge on any atom is 0.153 e. The van der Waals surface area contributed by atoms with Crippen LogP contribution in [0, 0.1) is 5.82 Å². The number of hydrogen-bond donors (Lipinski definition) is 2. The molecule has 19 heavy (non-hydrogen) atoms. The molecule has 6 heteroatoms. The molecule has 0 radical (unpaired) electrons. The van der Waals surface area contributed by atoms with E-state index in [1.165, 1.54) is 12.1 Å². The lowest BCUT2D eigenvalue weighted by molar-refractivity contribution is 0.628. The summed E-state index contributed by atoms with van der Waals surface area (Å²) < 4.78 is 13.0. The molecule has 2 aromatic heterocycles. The van der Waals surface area contributed by atoms with Crippen LogP contribution < -0.4 is 5.73 Å². The number of nitrogen functional groups attached to an aromatic ring is 1. The molecule has 5 nitrogen and oxygen atoms in total. The zero-order valence-electron chi connectivity index (χ0n) is 9.84. The van der Waals surface area contributed by atoms with Crippen molar-refractivity contribution < 1.29 is 4.39 Å². The van der Waals surface area contributed by atoms with Crippen LogP contribution in [0.5, 0.6) is 0 Å². The van der Waals surface area contributed by atoms with Gasteiger partial charge in [-0.25, -0.2) is 4.39 Å². The molecule has 1 aromatic carbocycles. The lowest BCUT2D eigenvalue weighted by atomic mass is 10.0. The molecule has 0 aliphatic rings. The molecule has 0 bridgehead atoms. The first-order valence-electron chi connectivity index (χ1n) is 5.62. The highest BCUT2D eigenvalue weighted by Gasteiger charge is 2.14. The minimum Gasteiger partial charge on any atom is -0.382 e. The molecule has 0 aliphatic carbocycles. The van der Waals surface area contributed by atoms with Gasteiger partial charge in [-0.15, -0.1) is 0 Å². The Morgan fingerprint density at radius 3 is 2.47 bits per heavy atom. The maximum absolute atomic E-state index is 13.0. The van der Waals surface area contributed by atoms with E-state index in [9.17, 15) is 4.39 Å². The van der Waals surface area contributed by atoms with E-state index >= 15 is 0 Å². The summed E-state index contributed by atoms with van der Waals surface area (Å²) in [5.74, 6) is 0.0661. The SMILES string of the molecule is Nc1n[nH]c(-c2ccnnc2)c1-c1ccc(F)cc1. The Bertz CT molecular complexity index is 691. The van der Waals surface area contributed by atoms with E-state index in [4.69, 9.17) is 5.73 Å². The molecule has 94 valence electrons. The predicted molar refractivity (Wildman–Crippen MR) is 69.4 cm³/mol. The number of aromatic nitrogens is 4. The molecule has 0 fully saturated rings. The number of benzene rings is 1. The fraction of sp³-hybridized carbons (Fsp3) is 0. The Labute approximate surface area is 108 Å². The van der Waals surface area contributed by atoms with Crippen molar-refractivity contribution in [2.45, 2.75) is 0 Å². The van der Waals surface area contributed by atoms with Gasteiger partial charge in [-0.3, -0.25) is 5.10 Å². The lowest BCUT2D eigenvalue weighted by Crippen LogP contribution is -1.89. The van der Waals surface area contributed by atoms with Gasteiger partial charge in [0.25, 0.3) is 0 Å². The van der Waals surface area contributed by atoms with E-state index in [2.05, 4.69) is 20.4 Å². The third-order valence-corrected chi connectivity index (χ3v) is 2.80. The smallest absolute Gasteiger partial charge is 0.153 e. The average molecular weight is 255 g/mol. The first-order chi connectivity index (χ1) is 9.25. The molecule has 0 unspecified atom stereocenters. The Hall–Kier alpha value is -2.76. The summed E-state index contributed by atoms with van der Waals surface area (Å²) in [6.45, 7) is 0. The molecule has 0 spiro atoms. The van der Waals surface area contributed by atoms with Crippen molar-refractivity contribution in [3.05, 3.63) is 48.5 Å². The normalized spacial score (nSPS) is 10.6. The van der Waals surface area contributed by atoms with Crippen molar-refractivity contribution in [1.29, 1.82) is 0 Å². The summed E-state index contributed by atoms with van der Waals surface area (Å²) in [6.07, 6.45) is 3.20. The fourth-order valence-corrected chi connectivity index (χ4v) is 1.91. The summed E-state index contributed by atoms with van der Waals surface area (Å²) >= 11 is 0. The summed E-state index contributed by atoms with van der Waals surface area (Å²) in [4.78, 5) is 0. The molecular formula is C13H10FN5. The largest absolute Gasteiger partial charge is 0.382 e. The van der Waals surface area contributed by atoms with E-state index < -0.39 is 0 Å². The molecule has 0 saturated carbocycles. The quantitative estimate of drug-likeness (QED) is 0.736. The average Bonchev–Trinajstić information content (AvgIpc) is 2.83. The molecule has 3 rings (SSSR count). The number of H-pyrrole nitrogens is 1. The van der Waals surface area contributed by atoms with Crippen LogP contribution in [0.3, 0.4) is 0 Å². The van der Waals surface area contributed by atoms with Crippen LogP contribution >= 0.6 is 0 Å². The first-order valence-corrected chi connectivity index (χ1v) is 5.62. The van der Waals surface area contributed by atoms with Crippen LogP contribution in [0.1, 0.15) is 0 Å². The topological polar surface area (TPSA) is 80.5 Å². The zero-order chi connectivity index (χ0) is 13.2. The second kappa shape index (κ2) is 4.49. The highest BCUT2D eigenvalue weighted by molar-refractivity contribution is 5.87. The van der Waals surface area contributed by atoms with E-state index in [1.54, 1.807) is 30.6 Å². The van der Waals surface area contributed by atoms with Gasteiger partial charge in [-0.1, -0.05) is 12.1 Å². The third kappa shape index (κ3) is 2.03. The number of aromatic amines is 1. The third-order valence-electron chi connectivity index (χ3n) is 2.80. The van der Waals surface area contributed by atoms with Gasteiger partial charge in [0.1, 0.15) is 5.82 Å². The van der Waals surface area contributed by atoms with Crippen molar-refractivity contribution in [2.75, 3.05) is 5.73 Å². The van der Waals surface area contributed by atoms with Gasteiger partial charge < -0.3 is 5.73 Å². The van der Waals surface area contributed by atoms with Gasteiger partial charge in [0.15, 0.2) is 5.82 Å². The van der Waals surface area contributed by atoms with Gasteiger partial charge in [0.05, 0.1) is 23.7 Å². The minimum absolute atomic E-state index is 0.294. The number of rotatable bonds is 2. The van der Waals surface area contributed by atoms with E-state index in [0.717, 1.165) is 22.4 Å². The van der Waals surface area contributed by atoms with Crippen molar-refractivity contribution in [1.82, 2.24) is 20.4 Å². The summed E-state index contributed by atoms with van der Waals surface area (Å²) in [7, 11) is 0. The molecule has 0 atom stereocenters. The highest BCUT2D eigenvalue weighted by atomic mass is 19.1. The second-order valence-corrected chi connectivity index (χ2v) is 4.00. The summed E-state index contributed by atoms with van der Waals surface area (Å²) in [5, 5.41) is 14.4. The number of halogens is 1. The lowest BCUT2D eigenvalue weighted by Gasteiger charge is -2.04. The molecule has 0 aliphatic heterocycles. The van der Waals surface area contributed by atoms with Gasteiger partial charge >= 0.3 is 0 Å². The second-order valence-electron chi connectivity index (χ2n) is 4.00. The van der Waals surface area contributed by atoms with Crippen molar-refractivity contribution in [3.63, 3.8) is 0 Å². The van der Waals surface area contributed by atoms with Crippen LogP contribution in [0.25, 0.3) is 22.4 Å². The van der Waals surface area contributed by atoms with Crippen LogP contribution in [0.4, 0.5) is 10.2 Å². The summed E-state index contributed by atoms with van der Waals surface area (Å²) in [6, 6.07) is 7.89. The highest BCUT2D eigenvalue weighted by Crippen LogP contribution is 2.34. The monoisotopic (exact) mass is 255 g/mol. The molecule has 3 aromatic rings. The van der Waals surface area contributed by atoms with Gasteiger partial charge in [0, 0.05) is 5.56 Å². The number of nitrogens with one attached hydrogen (secondary N) is 1. The van der Waals surface area contributed by atoms with E-state index in [-0.39, 0.29) is 5.82 Å². The Kier molecular flexibility index (Phi) is 2.68. The van der Waals surface area contributed by atoms with Gasteiger partial charge in [-0.05, 0) is 23.8 Å².